The normalized spacial score (nSPS) is 19.0. The summed E-state index contributed by atoms with van der Waals surface area (Å²) in [6, 6.07) is 4.30. The maximum atomic E-state index is 3.55. The van der Waals surface area contributed by atoms with Crippen molar-refractivity contribution >= 4 is 27.3 Å². The van der Waals surface area contributed by atoms with Crippen LogP contribution >= 0.6 is 27.3 Å². The minimum atomic E-state index is 0.714. The second-order valence-electron chi connectivity index (χ2n) is 4.99. The molecular formula is C13H22BrN3S. The van der Waals surface area contributed by atoms with E-state index in [4.69, 9.17) is 0 Å². The second kappa shape index (κ2) is 7.60. The van der Waals surface area contributed by atoms with Crippen molar-refractivity contribution in [2.75, 3.05) is 39.3 Å². The van der Waals surface area contributed by atoms with Crippen molar-refractivity contribution in [3.8, 4) is 0 Å². The van der Waals surface area contributed by atoms with Crippen molar-refractivity contribution < 1.29 is 0 Å². The van der Waals surface area contributed by atoms with Crippen LogP contribution in [0.3, 0.4) is 0 Å². The fourth-order valence-corrected chi connectivity index (χ4v) is 3.74. The van der Waals surface area contributed by atoms with Gasteiger partial charge < -0.3 is 15.5 Å². The molecule has 18 heavy (non-hydrogen) atoms. The maximum Gasteiger partial charge on any atom is 0.0701 e. The van der Waals surface area contributed by atoms with Gasteiger partial charge in [-0.25, -0.2) is 0 Å². The number of rotatable bonds is 6. The first-order chi connectivity index (χ1) is 8.74. The molecule has 0 radical (unpaired) electrons. The van der Waals surface area contributed by atoms with Gasteiger partial charge in [0.1, 0.15) is 0 Å². The Morgan fingerprint density at radius 1 is 1.44 bits per heavy atom. The van der Waals surface area contributed by atoms with Gasteiger partial charge in [0.25, 0.3) is 0 Å². The predicted octanol–water partition coefficient (Wildman–Crippen LogP) is 2.14. The van der Waals surface area contributed by atoms with E-state index in [-0.39, 0.29) is 0 Å². The van der Waals surface area contributed by atoms with Crippen LogP contribution in [0.1, 0.15) is 11.8 Å². The van der Waals surface area contributed by atoms with E-state index in [1.807, 2.05) is 11.3 Å². The summed E-state index contributed by atoms with van der Waals surface area (Å²) in [6.45, 7) is 10.3. The molecule has 2 N–H and O–H groups in total. The van der Waals surface area contributed by atoms with Crippen LogP contribution in [0, 0.1) is 5.92 Å². The lowest BCUT2D eigenvalue weighted by molar-refractivity contribution is 0.209. The standard InChI is InChI=1S/C13H22BrN3S/c1-11(10-17-6-4-15-5-7-17)8-16-9-12-2-3-13(14)18-12/h2-3,11,15-16H,4-10H2,1H3. The molecule has 1 aliphatic rings. The van der Waals surface area contributed by atoms with Gasteiger partial charge in [-0.05, 0) is 40.5 Å². The first kappa shape index (κ1) is 14.5. The number of nitrogens with one attached hydrogen (secondary N) is 2. The van der Waals surface area contributed by atoms with Crippen LogP contribution in [0.15, 0.2) is 15.9 Å². The van der Waals surface area contributed by atoms with Crippen molar-refractivity contribution in [1.29, 1.82) is 0 Å². The third kappa shape index (κ3) is 4.97. The van der Waals surface area contributed by atoms with Crippen molar-refractivity contribution in [2.24, 2.45) is 5.92 Å². The second-order valence-corrected chi connectivity index (χ2v) is 7.54. The summed E-state index contributed by atoms with van der Waals surface area (Å²) in [5.41, 5.74) is 0. The van der Waals surface area contributed by atoms with Gasteiger partial charge >= 0.3 is 0 Å². The highest BCUT2D eigenvalue weighted by atomic mass is 79.9. The van der Waals surface area contributed by atoms with E-state index in [0.29, 0.717) is 5.92 Å². The van der Waals surface area contributed by atoms with Crippen molar-refractivity contribution in [3.05, 3.63) is 20.8 Å². The maximum absolute atomic E-state index is 3.55. The van der Waals surface area contributed by atoms with E-state index in [0.717, 1.165) is 26.2 Å². The van der Waals surface area contributed by atoms with Crippen molar-refractivity contribution in [2.45, 2.75) is 13.5 Å². The summed E-state index contributed by atoms with van der Waals surface area (Å²) < 4.78 is 1.22. The van der Waals surface area contributed by atoms with Crippen LogP contribution < -0.4 is 10.6 Å². The van der Waals surface area contributed by atoms with Crippen LogP contribution in [0.25, 0.3) is 0 Å². The zero-order valence-corrected chi connectivity index (χ0v) is 13.3. The Balaban J connectivity index is 1.60. The Kier molecular flexibility index (Phi) is 6.11. The summed E-state index contributed by atoms with van der Waals surface area (Å²) >= 11 is 5.31. The molecule has 1 aromatic heterocycles. The van der Waals surface area contributed by atoms with Gasteiger partial charge in [-0.3, -0.25) is 0 Å². The summed E-state index contributed by atoms with van der Waals surface area (Å²) in [6.07, 6.45) is 0. The smallest absolute Gasteiger partial charge is 0.0701 e. The molecule has 2 heterocycles. The summed E-state index contributed by atoms with van der Waals surface area (Å²) in [4.78, 5) is 3.96. The Hall–Kier alpha value is 0.0600. The topological polar surface area (TPSA) is 27.3 Å². The number of hydrogen-bond acceptors (Lipinski definition) is 4. The molecule has 0 aliphatic carbocycles. The molecule has 0 bridgehead atoms. The quantitative estimate of drug-likeness (QED) is 0.836. The molecule has 3 nitrogen and oxygen atoms in total. The average molecular weight is 332 g/mol. The molecule has 0 saturated carbocycles. The van der Waals surface area contributed by atoms with Crippen LogP contribution in [0.2, 0.25) is 0 Å². The van der Waals surface area contributed by atoms with Crippen molar-refractivity contribution in [1.82, 2.24) is 15.5 Å². The predicted molar refractivity (Wildman–Crippen MR) is 82.2 cm³/mol. The van der Waals surface area contributed by atoms with Crippen LogP contribution in [-0.2, 0) is 6.54 Å². The lowest BCUT2D eigenvalue weighted by atomic mass is 10.1. The lowest BCUT2D eigenvalue weighted by Crippen LogP contribution is -2.45. The van der Waals surface area contributed by atoms with Crippen molar-refractivity contribution in [3.63, 3.8) is 0 Å². The third-order valence-corrected chi connectivity index (χ3v) is 4.82. The van der Waals surface area contributed by atoms with Crippen LogP contribution in [0.4, 0.5) is 0 Å². The van der Waals surface area contributed by atoms with E-state index in [2.05, 4.69) is 50.5 Å². The molecule has 1 atom stereocenters. The molecule has 0 aromatic carbocycles. The minimum absolute atomic E-state index is 0.714. The SMILES string of the molecule is CC(CNCc1ccc(Br)s1)CN1CCNCC1. The van der Waals surface area contributed by atoms with Gasteiger partial charge in [-0.1, -0.05) is 6.92 Å². The number of halogens is 1. The van der Waals surface area contributed by atoms with E-state index in [1.54, 1.807) is 0 Å². The fraction of sp³-hybridized carbons (Fsp3) is 0.692. The molecule has 1 aliphatic heterocycles. The molecule has 1 saturated heterocycles. The highest BCUT2D eigenvalue weighted by molar-refractivity contribution is 9.11. The highest BCUT2D eigenvalue weighted by Crippen LogP contribution is 2.21. The van der Waals surface area contributed by atoms with Crippen LogP contribution in [0.5, 0.6) is 0 Å². The fourth-order valence-electron chi connectivity index (χ4n) is 2.29. The van der Waals surface area contributed by atoms with Gasteiger partial charge in [0.05, 0.1) is 3.79 Å². The minimum Gasteiger partial charge on any atom is -0.314 e. The van der Waals surface area contributed by atoms with E-state index >= 15 is 0 Å². The Morgan fingerprint density at radius 3 is 2.89 bits per heavy atom. The average Bonchev–Trinajstić information content (AvgIpc) is 2.76. The summed E-state index contributed by atoms with van der Waals surface area (Å²) in [5.74, 6) is 0.714. The van der Waals surface area contributed by atoms with Gasteiger partial charge in [0.15, 0.2) is 0 Å². The van der Waals surface area contributed by atoms with E-state index in [9.17, 15) is 0 Å². The number of piperazine rings is 1. The lowest BCUT2D eigenvalue weighted by Gasteiger charge is -2.29. The van der Waals surface area contributed by atoms with Gasteiger partial charge in [-0.15, -0.1) is 11.3 Å². The largest absolute Gasteiger partial charge is 0.314 e. The first-order valence-electron chi connectivity index (χ1n) is 6.62. The van der Waals surface area contributed by atoms with Crippen LogP contribution in [-0.4, -0.2) is 44.2 Å². The van der Waals surface area contributed by atoms with E-state index < -0.39 is 0 Å². The Labute approximate surface area is 122 Å². The molecule has 0 spiro atoms. The number of nitrogens with zero attached hydrogens (tertiary/aromatic N) is 1. The number of hydrogen-bond donors (Lipinski definition) is 2. The molecule has 102 valence electrons. The monoisotopic (exact) mass is 331 g/mol. The van der Waals surface area contributed by atoms with Gasteiger partial charge in [-0.2, -0.15) is 0 Å². The summed E-state index contributed by atoms with van der Waals surface area (Å²) in [7, 11) is 0. The molecule has 1 aromatic rings. The molecular weight excluding hydrogens is 310 g/mol. The first-order valence-corrected chi connectivity index (χ1v) is 8.23. The van der Waals surface area contributed by atoms with Gasteiger partial charge in [0, 0.05) is 44.1 Å². The molecule has 2 rings (SSSR count). The highest BCUT2D eigenvalue weighted by Gasteiger charge is 2.12. The molecule has 1 unspecified atom stereocenters. The zero-order chi connectivity index (χ0) is 12.8. The number of thiophene rings is 1. The zero-order valence-electron chi connectivity index (χ0n) is 10.9. The summed E-state index contributed by atoms with van der Waals surface area (Å²) in [5, 5.41) is 6.95. The Morgan fingerprint density at radius 2 is 2.22 bits per heavy atom. The Bertz CT molecular complexity index is 350. The van der Waals surface area contributed by atoms with Gasteiger partial charge in [0.2, 0.25) is 0 Å². The molecule has 0 amide bonds. The third-order valence-electron chi connectivity index (χ3n) is 3.20. The molecule has 1 fully saturated rings. The molecule has 5 heteroatoms. The van der Waals surface area contributed by atoms with E-state index in [1.165, 1.54) is 28.3 Å².